The molecule has 9 heteroatoms. The molecule has 0 saturated heterocycles. The SMILES string of the molecule is CCn1c(CCNC(=O)C(C)NC(=O)/C=C/c2ccc(OC)cc2)n[nH]c1=S. The molecule has 0 radical (unpaired) electrons. The summed E-state index contributed by atoms with van der Waals surface area (Å²) in [4.78, 5) is 24.2. The van der Waals surface area contributed by atoms with Crippen LogP contribution in [0.15, 0.2) is 30.3 Å². The average molecular weight is 404 g/mol. The summed E-state index contributed by atoms with van der Waals surface area (Å²) in [6.45, 7) is 4.73. The molecule has 150 valence electrons. The van der Waals surface area contributed by atoms with Gasteiger partial charge in [-0.05, 0) is 49.8 Å². The summed E-state index contributed by atoms with van der Waals surface area (Å²) in [5.74, 6) is 0.927. The summed E-state index contributed by atoms with van der Waals surface area (Å²) in [5.41, 5.74) is 0.859. The lowest BCUT2D eigenvalue weighted by atomic mass is 10.2. The zero-order valence-corrected chi connectivity index (χ0v) is 17.0. The van der Waals surface area contributed by atoms with Crippen molar-refractivity contribution in [2.45, 2.75) is 32.9 Å². The molecule has 1 unspecified atom stereocenters. The number of carbonyl (C=O) groups is 2. The van der Waals surface area contributed by atoms with E-state index in [1.165, 1.54) is 6.08 Å². The quantitative estimate of drug-likeness (QED) is 0.438. The van der Waals surface area contributed by atoms with Gasteiger partial charge in [0.25, 0.3) is 0 Å². The molecule has 8 nitrogen and oxygen atoms in total. The largest absolute Gasteiger partial charge is 0.497 e. The normalized spacial score (nSPS) is 12.0. The van der Waals surface area contributed by atoms with Crippen molar-refractivity contribution in [1.29, 1.82) is 0 Å². The zero-order valence-electron chi connectivity index (χ0n) is 16.2. The van der Waals surface area contributed by atoms with Gasteiger partial charge in [0.05, 0.1) is 7.11 Å². The summed E-state index contributed by atoms with van der Waals surface area (Å²) < 4.78 is 7.52. The molecule has 1 heterocycles. The molecule has 1 aromatic carbocycles. The topological polar surface area (TPSA) is 101 Å². The molecule has 1 aromatic heterocycles. The molecular weight excluding hydrogens is 378 g/mol. The molecule has 0 aliphatic heterocycles. The number of carbonyl (C=O) groups excluding carboxylic acids is 2. The molecule has 2 aromatic rings. The number of ether oxygens (including phenoxy) is 1. The molecule has 3 N–H and O–H groups in total. The fraction of sp³-hybridized carbons (Fsp3) is 0.368. The number of nitrogens with zero attached hydrogens (tertiary/aromatic N) is 2. The molecule has 0 spiro atoms. The Kier molecular flexibility index (Phi) is 7.94. The second-order valence-corrected chi connectivity index (χ2v) is 6.45. The summed E-state index contributed by atoms with van der Waals surface area (Å²) >= 11 is 5.13. The van der Waals surface area contributed by atoms with E-state index in [-0.39, 0.29) is 11.8 Å². The van der Waals surface area contributed by atoms with Gasteiger partial charge in [0.1, 0.15) is 17.6 Å². The first-order valence-electron chi connectivity index (χ1n) is 8.99. The molecule has 2 amide bonds. The van der Waals surface area contributed by atoms with Crippen LogP contribution in [-0.4, -0.2) is 46.3 Å². The Morgan fingerprint density at radius 2 is 2.07 bits per heavy atom. The first-order chi connectivity index (χ1) is 13.4. The minimum Gasteiger partial charge on any atom is -0.497 e. The van der Waals surface area contributed by atoms with Crippen molar-refractivity contribution in [3.05, 3.63) is 46.5 Å². The van der Waals surface area contributed by atoms with Gasteiger partial charge in [0, 0.05) is 25.6 Å². The van der Waals surface area contributed by atoms with Crippen LogP contribution in [-0.2, 0) is 22.6 Å². The zero-order chi connectivity index (χ0) is 20.5. The number of aromatic amines is 1. The van der Waals surface area contributed by atoms with Crippen molar-refractivity contribution in [1.82, 2.24) is 25.4 Å². The van der Waals surface area contributed by atoms with Gasteiger partial charge in [-0.1, -0.05) is 12.1 Å². The Hall–Kier alpha value is -2.94. The standard InChI is InChI=1S/C19H25N5O3S/c1-4-24-16(22-23-19(24)28)11-12-20-18(26)13(2)21-17(25)10-7-14-5-8-15(27-3)9-6-14/h5-10,13H,4,11-12H2,1-3H3,(H,20,26)(H,21,25)(H,23,28)/b10-7+. The number of rotatable bonds is 9. The maximum atomic E-state index is 12.2. The minimum absolute atomic E-state index is 0.261. The number of nitrogens with one attached hydrogen (secondary N) is 3. The second kappa shape index (κ2) is 10.4. The van der Waals surface area contributed by atoms with Gasteiger partial charge < -0.3 is 19.9 Å². The molecule has 28 heavy (non-hydrogen) atoms. The lowest BCUT2D eigenvalue weighted by Gasteiger charge is -2.13. The number of benzene rings is 1. The van der Waals surface area contributed by atoms with Gasteiger partial charge in [-0.15, -0.1) is 0 Å². The highest BCUT2D eigenvalue weighted by molar-refractivity contribution is 7.71. The third-order valence-corrected chi connectivity index (χ3v) is 4.41. The minimum atomic E-state index is -0.653. The first kappa shape index (κ1) is 21.4. The van der Waals surface area contributed by atoms with Crippen molar-refractivity contribution in [3.8, 4) is 5.75 Å². The Morgan fingerprint density at radius 1 is 1.36 bits per heavy atom. The van der Waals surface area contributed by atoms with Crippen molar-refractivity contribution < 1.29 is 14.3 Å². The van der Waals surface area contributed by atoms with Crippen molar-refractivity contribution in [2.24, 2.45) is 0 Å². The first-order valence-corrected chi connectivity index (χ1v) is 9.39. The van der Waals surface area contributed by atoms with Crippen LogP contribution in [0.25, 0.3) is 6.08 Å². The molecule has 0 aliphatic rings. The predicted octanol–water partition coefficient (Wildman–Crippen LogP) is 1.85. The summed E-state index contributed by atoms with van der Waals surface area (Å²) in [5, 5.41) is 12.3. The summed E-state index contributed by atoms with van der Waals surface area (Å²) in [6.07, 6.45) is 3.61. The van der Waals surface area contributed by atoms with Crippen LogP contribution in [0.5, 0.6) is 5.75 Å². The van der Waals surface area contributed by atoms with Crippen LogP contribution in [0.2, 0.25) is 0 Å². The van der Waals surface area contributed by atoms with Gasteiger partial charge >= 0.3 is 0 Å². The Labute approximate surface area is 169 Å². The van der Waals surface area contributed by atoms with Crippen molar-refractivity contribution >= 4 is 30.1 Å². The second-order valence-electron chi connectivity index (χ2n) is 6.07. The fourth-order valence-corrected chi connectivity index (χ4v) is 2.81. The lowest BCUT2D eigenvalue weighted by Crippen LogP contribution is -2.44. The monoisotopic (exact) mass is 403 g/mol. The highest BCUT2D eigenvalue weighted by atomic mass is 32.1. The van der Waals surface area contributed by atoms with Crippen LogP contribution < -0.4 is 15.4 Å². The van der Waals surface area contributed by atoms with Gasteiger partial charge in [-0.2, -0.15) is 5.10 Å². The molecular formula is C19H25N5O3S. The Bertz CT molecular complexity index is 886. The highest BCUT2D eigenvalue weighted by Gasteiger charge is 2.14. The molecule has 2 rings (SSSR count). The molecule has 0 aliphatic carbocycles. The van der Waals surface area contributed by atoms with Crippen molar-refractivity contribution in [2.75, 3.05) is 13.7 Å². The highest BCUT2D eigenvalue weighted by Crippen LogP contribution is 2.12. The predicted molar refractivity (Wildman–Crippen MR) is 109 cm³/mol. The third-order valence-electron chi connectivity index (χ3n) is 4.10. The van der Waals surface area contributed by atoms with E-state index >= 15 is 0 Å². The summed E-state index contributed by atoms with van der Waals surface area (Å²) in [7, 11) is 1.59. The smallest absolute Gasteiger partial charge is 0.244 e. The van der Waals surface area contributed by atoms with Crippen LogP contribution in [0.4, 0.5) is 0 Å². The molecule has 0 bridgehead atoms. The number of H-pyrrole nitrogens is 1. The van der Waals surface area contributed by atoms with Crippen LogP contribution in [0.1, 0.15) is 25.2 Å². The van der Waals surface area contributed by atoms with Gasteiger partial charge in [0.15, 0.2) is 4.77 Å². The van der Waals surface area contributed by atoms with E-state index < -0.39 is 6.04 Å². The lowest BCUT2D eigenvalue weighted by molar-refractivity contribution is -0.126. The van der Waals surface area contributed by atoms with E-state index in [1.54, 1.807) is 20.1 Å². The third kappa shape index (κ3) is 6.05. The fourth-order valence-electron chi connectivity index (χ4n) is 2.53. The van der Waals surface area contributed by atoms with E-state index in [0.717, 1.165) is 17.1 Å². The van der Waals surface area contributed by atoms with Crippen LogP contribution in [0, 0.1) is 4.77 Å². The van der Waals surface area contributed by atoms with E-state index in [9.17, 15) is 9.59 Å². The van der Waals surface area contributed by atoms with E-state index in [0.29, 0.717) is 24.3 Å². The number of hydrogen-bond donors (Lipinski definition) is 3. The maximum absolute atomic E-state index is 12.2. The molecule has 1 atom stereocenters. The average Bonchev–Trinajstić information content (AvgIpc) is 3.06. The van der Waals surface area contributed by atoms with Crippen LogP contribution in [0.3, 0.4) is 0 Å². The van der Waals surface area contributed by atoms with E-state index in [1.807, 2.05) is 35.8 Å². The molecule has 0 saturated carbocycles. The number of hydrogen-bond acceptors (Lipinski definition) is 5. The van der Waals surface area contributed by atoms with Crippen molar-refractivity contribution in [3.63, 3.8) is 0 Å². The summed E-state index contributed by atoms with van der Waals surface area (Å²) in [6, 6.07) is 6.64. The Balaban J connectivity index is 1.78. The van der Waals surface area contributed by atoms with E-state index in [2.05, 4.69) is 20.8 Å². The molecule has 0 fully saturated rings. The van der Waals surface area contributed by atoms with Crippen LogP contribution >= 0.6 is 12.2 Å². The van der Waals surface area contributed by atoms with Gasteiger partial charge in [-0.3, -0.25) is 14.7 Å². The maximum Gasteiger partial charge on any atom is 0.244 e. The Morgan fingerprint density at radius 3 is 2.71 bits per heavy atom. The van der Waals surface area contributed by atoms with Gasteiger partial charge in [-0.25, -0.2) is 0 Å². The number of methoxy groups -OCH3 is 1. The number of aromatic nitrogens is 3. The number of amides is 2. The van der Waals surface area contributed by atoms with Gasteiger partial charge in [0.2, 0.25) is 11.8 Å². The van der Waals surface area contributed by atoms with E-state index in [4.69, 9.17) is 17.0 Å².